The molecule has 2 fully saturated rings. The Labute approximate surface area is 316 Å². The third-order valence-corrected chi connectivity index (χ3v) is 10.6. The molecule has 3 aliphatic heterocycles. The van der Waals surface area contributed by atoms with Crippen molar-refractivity contribution in [1.82, 2.24) is 15.1 Å². The number of phenolic OH excluding ortho intramolecular Hbond substituents is 1. The molecule has 4 aromatic rings. The number of hydrogen-bond acceptors (Lipinski definition) is 8. The zero-order valence-corrected chi connectivity index (χ0v) is 30.6. The monoisotopic (exact) mass is 726 g/mol. The zero-order chi connectivity index (χ0) is 37.6. The Bertz CT molecular complexity index is 2040. The van der Waals surface area contributed by atoms with Crippen molar-refractivity contribution in [3.05, 3.63) is 125 Å². The highest BCUT2D eigenvalue weighted by atomic mass is 16.5. The average molecular weight is 727 g/mol. The first-order chi connectivity index (χ1) is 26.3. The van der Waals surface area contributed by atoms with Crippen molar-refractivity contribution in [3.8, 4) is 11.5 Å². The van der Waals surface area contributed by atoms with E-state index in [1.54, 1.807) is 17.0 Å². The lowest BCUT2D eigenvalue weighted by atomic mass is 9.88. The number of piperidine rings is 1. The number of ether oxygens (including phenoxy) is 1. The zero-order valence-electron chi connectivity index (χ0n) is 30.6. The maximum atomic E-state index is 13.1. The first-order valence-electron chi connectivity index (χ1n) is 18.8. The molecule has 7 rings (SSSR count). The molecule has 0 spiro atoms. The Kier molecular flexibility index (Phi) is 11.2. The van der Waals surface area contributed by atoms with Crippen LogP contribution < -0.4 is 15.0 Å². The van der Waals surface area contributed by atoms with Crippen LogP contribution in [0.3, 0.4) is 0 Å². The summed E-state index contributed by atoms with van der Waals surface area (Å²) in [5.74, 6) is 0.312. The highest BCUT2D eigenvalue weighted by molar-refractivity contribution is 6.05. The number of piperazine rings is 1. The Morgan fingerprint density at radius 1 is 0.852 bits per heavy atom. The number of ketones is 1. The molecule has 0 radical (unpaired) electrons. The van der Waals surface area contributed by atoms with E-state index in [-0.39, 0.29) is 29.8 Å². The molecule has 2 saturated heterocycles. The van der Waals surface area contributed by atoms with Crippen molar-refractivity contribution in [2.45, 2.75) is 51.6 Å². The lowest BCUT2D eigenvalue weighted by Gasteiger charge is -2.36. The first-order valence-corrected chi connectivity index (χ1v) is 18.8. The highest BCUT2D eigenvalue weighted by Gasteiger charge is 2.39. The Hall–Kier alpha value is -5.74. The van der Waals surface area contributed by atoms with Gasteiger partial charge in [0.1, 0.15) is 23.3 Å². The van der Waals surface area contributed by atoms with E-state index in [2.05, 4.69) is 46.3 Å². The van der Waals surface area contributed by atoms with Crippen LogP contribution in [-0.4, -0.2) is 83.8 Å². The molecule has 4 aromatic carbocycles. The number of phenols is 1. The van der Waals surface area contributed by atoms with Gasteiger partial charge in [0.25, 0.3) is 5.91 Å². The van der Waals surface area contributed by atoms with Gasteiger partial charge in [0.2, 0.25) is 11.8 Å². The fourth-order valence-electron chi connectivity index (χ4n) is 7.74. The van der Waals surface area contributed by atoms with Crippen LogP contribution in [0.5, 0.6) is 11.5 Å². The van der Waals surface area contributed by atoms with E-state index in [1.807, 2.05) is 60.7 Å². The topological polar surface area (TPSA) is 119 Å². The minimum Gasteiger partial charge on any atom is -0.508 e. The van der Waals surface area contributed by atoms with Gasteiger partial charge in [-0.05, 0) is 95.1 Å². The number of imide groups is 1. The number of anilines is 1. The van der Waals surface area contributed by atoms with Gasteiger partial charge in [-0.2, -0.15) is 0 Å². The summed E-state index contributed by atoms with van der Waals surface area (Å²) in [5.41, 5.74) is 8.11. The summed E-state index contributed by atoms with van der Waals surface area (Å²) in [6.07, 6.45) is 2.50. The SMILES string of the molecule is CC/C(=C(\c1ccc(O)cc1)c1ccc(OCCCC(=O)CN2CCN(c3ccc4c(c3)CN(C3CCC(=O)NC3=O)C4=O)CC2)cc1)c1ccccc1. The number of nitrogens with zero attached hydrogens (tertiary/aromatic N) is 3. The number of carbonyl (C=O) groups is 4. The van der Waals surface area contributed by atoms with Gasteiger partial charge in [-0.15, -0.1) is 0 Å². The highest BCUT2D eigenvalue weighted by Crippen LogP contribution is 2.36. The van der Waals surface area contributed by atoms with Gasteiger partial charge in [0.05, 0.1) is 13.2 Å². The molecule has 0 aliphatic carbocycles. The molecule has 2 N–H and O–H groups in total. The fourth-order valence-corrected chi connectivity index (χ4v) is 7.74. The minimum absolute atomic E-state index is 0.171. The molecule has 1 atom stereocenters. The Balaban J connectivity index is 0.872. The van der Waals surface area contributed by atoms with Crippen LogP contribution in [-0.2, 0) is 20.9 Å². The summed E-state index contributed by atoms with van der Waals surface area (Å²) in [6.45, 7) is 6.43. The predicted molar refractivity (Wildman–Crippen MR) is 208 cm³/mol. The van der Waals surface area contributed by atoms with Gasteiger partial charge in [-0.3, -0.25) is 29.4 Å². The molecular formula is C44H46N4O6. The van der Waals surface area contributed by atoms with E-state index in [4.69, 9.17) is 4.74 Å². The van der Waals surface area contributed by atoms with Gasteiger partial charge < -0.3 is 19.6 Å². The van der Waals surface area contributed by atoms with E-state index in [1.165, 1.54) is 5.57 Å². The summed E-state index contributed by atoms with van der Waals surface area (Å²) in [6, 6.07) is 31.0. The first kappa shape index (κ1) is 36.6. The van der Waals surface area contributed by atoms with Crippen LogP contribution >= 0.6 is 0 Å². The molecule has 0 bridgehead atoms. The molecule has 3 aliphatic rings. The van der Waals surface area contributed by atoms with Crippen molar-refractivity contribution in [2.75, 3.05) is 44.2 Å². The molecular weight excluding hydrogens is 681 g/mol. The van der Waals surface area contributed by atoms with E-state index >= 15 is 0 Å². The second-order valence-corrected chi connectivity index (χ2v) is 14.1. The molecule has 3 heterocycles. The number of hydrogen-bond donors (Lipinski definition) is 2. The maximum absolute atomic E-state index is 13.1. The Morgan fingerprint density at radius 3 is 2.24 bits per heavy atom. The maximum Gasteiger partial charge on any atom is 0.255 e. The number of Topliss-reactive ketones (excluding diaryl/α,β-unsaturated/α-hetero) is 1. The van der Waals surface area contributed by atoms with E-state index < -0.39 is 11.9 Å². The summed E-state index contributed by atoms with van der Waals surface area (Å²) in [4.78, 5) is 56.0. The molecule has 10 nitrogen and oxygen atoms in total. The Morgan fingerprint density at radius 2 is 1.56 bits per heavy atom. The number of nitrogens with one attached hydrogen (secondary N) is 1. The van der Waals surface area contributed by atoms with Crippen LogP contribution in [0, 0.1) is 0 Å². The molecule has 3 amide bonds. The van der Waals surface area contributed by atoms with Crippen LogP contribution in [0.15, 0.2) is 97.1 Å². The van der Waals surface area contributed by atoms with Crippen LogP contribution in [0.25, 0.3) is 11.1 Å². The molecule has 0 aromatic heterocycles. The van der Waals surface area contributed by atoms with E-state index in [0.717, 1.165) is 71.9 Å². The predicted octanol–water partition coefficient (Wildman–Crippen LogP) is 6.07. The van der Waals surface area contributed by atoms with Crippen LogP contribution in [0.1, 0.15) is 71.6 Å². The largest absolute Gasteiger partial charge is 0.508 e. The minimum atomic E-state index is -0.626. The van der Waals surface area contributed by atoms with Crippen molar-refractivity contribution in [3.63, 3.8) is 0 Å². The van der Waals surface area contributed by atoms with Gasteiger partial charge in [-0.25, -0.2) is 0 Å². The number of aromatic hydroxyl groups is 1. The fraction of sp³-hybridized carbons (Fsp3) is 0.318. The lowest BCUT2D eigenvalue weighted by Crippen LogP contribution is -2.52. The summed E-state index contributed by atoms with van der Waals surface area (Å²) >= 11 is 0. The van der Waals surface area contributed by atoms with Crippen molar-refractivity contribution in [1.29, 1.82) is 0 Å². The number of rotatable bonds is 13. The number of benzene rings is 4. The van der Waals surface area contributed by atoms with E-state index in [9.17, 15) is 24.3 Å². The summed E-state index contributed by atoms with van der Waals surface area (Å²) < 4.78 is 6.05. The second kappa shape index (κ2) is 16.5. The third-order valence-electron chi connectivity index (χ3n) is 10.6. The molecule has 278 valence electrons. The normalized spacial score (nSPS) is 17.9. The average Bonchev–Trinajstić information content (AvgIpc) is 3.51. The van der Waals surface area contributed by atoms with Gasteiger partial charge in [-0.1, -0.05) is 61.5 Å². The van der Waals surface area contributed by atoms with Gasteiger partial charge >= 0.3 is 0 Å². The smallest absolute Gasteiger partial charge is 0.255 e. The van der Waals surface area contributed by atoms with Crippen LogP contribution in [0.4, 0.5) is 5.69 Å². The van der Waals surface area contributed by atoms with Crippen molar-refractivity contribution < 1.29 is 29.0 Å². The second-order valence-electron chi connectivity index (χ2n) is 14.1. The molecule has 54 heavy (non-hydrogen) atoms. The molecule has 0 saturated carbocycles. The number of allylic oxidation sites excluding steroid dienone is 1. The molecule has 10 heteroatoms. The van der Waals surface area contributed by atoms with Gasteiger partial charge in [0.15, 0.2) is 0 Å². The quantitative estimate of drug-likeness (QED) is 0.0969. The summed E-state index contributed by atoms with van der Waals surface area (Å²) in [5, 5.41) is 12.3. The van der Waals surface area contributed by atoms with Crippen LogP contribution in [0.2, 0.25) is 0 Å². The summed E-state index contributed by atoms with van der Waals surface area (Å²) in [7, 11) is 0. The lowest BCUT2D eigenvalue weighted by molar-refractivity contribution is -0.137. The standard InChI is InChI=1S/C44H46N4O6/c1-2-38(30-7-4-3-5-8-30)42(31-10-15-35(49)16-11-31)32-12-17-37(18-13-32)54-26-6-9-36(50)29-46-22-24-47(25-23-46)34-14-19-39-33(27-34)28-48(44(39)53)40-20-21-41(51)45-43(40)52/h3-5,7-8,10-19,27,40,49H,2,6,9,20-26,28-29H2,1H3,(H,45,51,52)/b42-38-. The van der Waals surface area contributed by atoms with Gasteiger partial charge in [0, 0.05) is 56.8 Å². The molecule has 1 unspecified atom stereocenters. The van der Waals surface area contributed by atoms with E-state index in [0.29, 0.717) is 44.5 Å². The van der Waals surface area contributed by atoms with Crippen molar-refractivity contribution in [2.24, 2.45) is 0 Å². The number of carbonyl (C=O) groups excluding carboxylic acids is 4. The van der Waals surface area contributed by atoms with Crippen molar-refractivity contribution >= 4 is 40.3 Å². The number of fused-ring (bicyclic) bond motifs is 1. The number of amides is 3. The third kappa shape index (κ3) is 8.24.